The monoisotopic (exact) mass is 210 g/mol. The van der Waals surface area contributed by atoms with E-state index in [1.807, 2.05) is 24.5 Å². The number of benzene rings is 1. The molecule has 0 aliphatic rings. The van der Waals surface area contributed by atoms with Gasteiger partial charge in [-0.3, -0.25) is 4.79 Å². The van der Waals surface area contributed by atoms with Gasteiger partial charge in [-0.25, -0.2) is 0 Å². The van der Waals surface area contributed by atoms with E-state index in [9.17, 15) is 4.79 Å². The highest BCUT2D eigenvalue weighted by atomic mass is 32.2. The summed E-state index contributed by atoms with van der Waals surface area (Å²) < 4.78 is 0. The molecule has 0 saturated heterocycles. The van der Waals surface area contributed by atoms with Crippen LogP contribution in [0.15, 0.2) is 23.1 Å². The molecule has 0 aromatic heterocycles. The minimum absolute atomic E-state index is 0.113. The lowest BCUT2D eigenvalue weighted by atomic mass is 10.1. The van der Waals surface area contributed by atoms with Crippen LogP contribution in [0.4, 0.5) is 0 Å². The second-order valence-electron chi connectivity index (χ2n) is 3.07. The summed E-state index contributed by atoms with van der Waals surface area (Å²) in [6.45, 7) is 2.08. The summed E-state index contributed by atoms with van der Waals surface area (Å²) in [7, 11) is 0. The molecule has 1 aromatic rings. The quantitative estimate of drug-likeness (QED) is 0.776. The Morgan fingerprint density at radius 3 is 2.71 bits per heavy atom. The molecular weight excluding hydrogens is 196 g/mol. The van der Waals surface area contributed by atoms with Gasteiger partial charge in [0.2, 0.25) is 0 Å². The van der Waals surface area contributed by atoms with Crippen LogP contribution in [0.5, 0.6) is 0 Å². The molecule has 0 bridgehead atoms. The lowest BCUT2D eigenvalue weighted by Gasteiger charge is -2.06. The summed E-state index contributed by atoms with van der Waals surface area (Å²) in [6, 6.07) is 5.88. The van der Waals surface area contributed by atoms with E-state index in [0.29, 0.717) is 0 Å². The second kappa shape index (κ2) is 5.05. The molecule has 1 N–H and O–H groups in total. The van der Waals surface area contributed by atoms with Gasteiger partial charge in [0.05, 0.1) is 6.42 Å². The minimum atomic E-state index is -0.774. The smallest absolute Gasteiger partial charge is 0.307 e. The van der Waals surface area contributed by atoms with Crippen molar-refractivity contribution < 1.29 is 9.90 Å². The first-order chi connectivity index (χ1) is 6.67. The van der Waals surface area contributed by atoms with Crippen LogP contribution in [-0.2, 0) is 17.6 Å². The Kier molecular flexibility index (Phi) is 4.01. The van der Waals surface area contributed by atoms with E-state index < -0.39 is 5.97 Å². The number of hydrogen-bond donors (Lipinski definition) is 1. The third kappa shape index (κ3) is 2.77. The maximum Gasteiger partial charge on any atom is 0.307 e. The first-order valence-corrected chi connectivity index (χ1v) is 5.77. The van der Waals surface area contributed by atoms with Crippen LogP contribution in [0.25, 0.3) is 0 Å². The maximum atomic E-state index is 10.5. The van der Waals surface area contributed by atoms with Gasteiger partial charge in [-0.05, 0) is 29.9 Å². The van der Waals surface area contributed by atoms with Crippen molar-refractivity contribution in [2.45, 2.75) is 24.7 Å². The fourth-order valence-electron chi connectivity index (χ4n) is 1.39. The topological polar surface area (TPSA) is 37.3 Å². The molecule has 1 rings (SSSR count). The Morgan fingerprint density at radius 1 is 1.50 bits per heavy atom. The van der Waals surface area contributed by atoms with Crippen molar-refractivity contribution in [3.05, 3.63) is 29.3 Å². The van der Waals surface area contributed by atoms with Crippen LogP contribution < -0.4 is 0 Å². The molecular formula is C11H14O2S. The first kappa shape index (κ1) is 11.1. The van der Waals surface area contributed by atoms with Crippen molar-refractivity contribution in [1.82, 2.24) is 0 Å². The average molecular weight is 210 g/mol. The van der Waals surface area contributed by atoms with E-state index in [1.54, 1.807) is 11.8 Å². The highest BCUT2D eigenvalue weighted by Crippen LogP contribution is 2.22. The van der Waals surface area contributed by atoms with Crippen molar-refractivity contribution in [3.63, 3.8) is 0 Å². The zero-order chi connectivity index (χ0) is 10.6. The van der Waals surface area contributed by atoms with Crippen LogP contribution in [0, 0.1) is 0 Å². The van der Waals surface area contributed by atoms with Crippen molar-refractivity contribution in [3.8, 4) is 0 Å². The van der Waals surface area contributed by atoms with E-state index in [4.69, 9.17) is 5.11 Å². The highest BCUT2D eigenvalue weighted by Gasteiger charge is 2.04. The van der Waals surface area contributed by atoms with Gasteiger partial charge in [-0.2, -0.15) is 0 Å². The lowest BCUT2D eigenvalue weighted by Crippen LogP contribution is -2.00. The van der Waals surface area contributed by atoms with Gasteiger partial charge >= 0.3 is 5.97 Å². The number of rotatable bonds is 4. The molecule has 0 fully saturated rings. The zero-order valence-corrected chi connectivity index (χ0v) is 9.23. The second-order valence-corrected chi connectivity index (χ2v) is 3.92. The number of hydrogen-bond acceptors (Lipinski definition) is 2. The predicted molar refractivity (Wildman–Crippen MR) is 58.9 cm³/mol. The average Bonchev–Trinajstić information content (AvgIpc) is 2.16. The fraction of sp³-hybridized carbons (Fsp3) is 0.364. The molecule has 1 aromatic carbocycles. The number of aryl methyl sites for hydroxylation is 1. The largest absolute Gasteiger partial charge is 0.481 e. The van der Waals surface area contributed by atoms with Crippen LogP contribution >= 0.6 is 11.8 Å². The Balaban J connectivity index is 2.95. The van der Waals surface area contributed by atoms with Gasteiger partial charge in [0.25, 0.3) is 0 Å². The lowest BCUT2D eigenvalue weighted by molar-refractivity contribution is -0.136. The molecule has 0 unspecified atom stereocenters. The Hall–Kier alpha value is -0.960. The number of aliphatic carboxylic acids is 1. The van der Waals surface area contributed by atoms with Crippen molar-refractivity contribution in [2.75, 3.05) is 6.26 Å². The maximum absolute atomic E-state index is 10.5. The molecule has 0 aliphatic heterocycles. The summed E-state index contributed by atoms with van der Waals surface area (Å²) in [6.07, 6.45) is 3.09. The van der Waals surface area contributed by atoms with Gasteiger partial charge in [-0.15, -0.1) is 11.8 Å². The Labute approximate surface area is 88.3 Å². The molecule has 76 valence electrons. The number of carboxylic acids is 1. The summed E-state index contributed by atoms with van der Waals surface area (Å²) in [5, 5.41) is 8.65. The van der Waals surface area contributed by atoms with Crippen LogP contribution in [0.3, 0.4) is 0 Å². The van der Waals surface area contributed by atoms with E-state index >= 15 is 0 Å². The number of carboxylic acid groups (broad SMARTS) is 1. The third-order valence-corrected chi connectivity index (χ3v) is 2.92. The normalized spacial score (nSPS) is 10.1. The molecule has 0 heterocycles. The van der Waals surface area contributed by atoms with E-state index in [2.05, 4.69) is 6.92 Å². The van der Waals surface area contributed by atoms with Crippen LogP contribution in [-0.4, -0.2) is 17.3 Å². The molecule has 0 saturated carbocycles. The van der Waals surface area contributed by atoms with Crippen molar-refractivity contribution >= 4 is 17.7 Å². The Morgan fingerprint density at radius 2 is 2.21 bits per heavy atom. The van der Waals surface area contributed by atoms with E-state index in [1.165, 1.54) is 10.5 Å². The molecule has 0 amide bonds. The predicted octanol–water partition coefficient (Wildman–Crippen LogP) is 2.60. The van der Waals surface area contributed by atoms with Crippen LogP contribution in [0.1, 0.15) is 18.1 Å². The molecule has 0 radical (unpaired) electrons. The van der Waals surface area contributed by atoms with E-state index in [0.717, 1.165) is 12.0 Å². The van der Waals surface area contributed by atoms with Crippen molar-refractivity contribution in [2.24, 2.45) is 0 Å². The summed E-state index contributed by atoms with van der Waals surface area (Å²) in [4.78, 5) is 11.8. The summed E-state index contributed by atoms with van der Waals surface area (Å²) in [5.74, 6) is -0.774. The van der Waals surface area contributed by atoms with Gasteiger partial charge in [0.1, 0.15) is 0 Å². The Bertz CT molecular complexity index is 334. The molecule has 3 heteroatoms. The number of carbonyl (C=O) groups is 1. The molecule has 2 nitrogen and oxygen atoms in total. The zero-order valence-electron chi connectivity index (χ0n) is 8.41. The van der Waals surface area contributed by atoms with Gasteiger partial charge in [0.15, 0.2) is 0 Å². The van der Waals surface area contributed by atoms with Crippen molar-refractivity contribution in [1.29, 1.82) is 0 Å². The fourth-order valence-corrected chi connectivity index (χ4v) is 2.06. The van der Waals surface area contributed by atoms with Gasteiger partial charge in [0, 0.05) is 4.90 Å². The molecule has 0 spiro atoms. The summed E-state index contributed by atoms with van der Waals surface area (Å²) >= 11 is 1.70. The molecule has 0 atom stereocenters. The minimum Gasteiger partial charge on any atom is -0.481 e. The molecule has 0 aliphatic carbocycles. The highest BCUT2D eigenvalue weighted by molar-refractivity contribution is 7.98. The third-order valence-electron chi connectivity index (χ3n) is 2.08. The van der Waals surface area contributed by atoms with E-state index in [-0.39, 0.29) is 6.42 Å². The SMILES string of the molecule is CCc1cc(CC(=O)O)ccc1SC. The van der Waals surface area contributed by atoms with Crippen LogP contribution in [0.2, 0.25) is 0 Å². The molecule has 14 heavy (non-hydrogen) atoms. The summed E-state index contributed by atoms with van der Waals surface area (Å²) in [5.41, 5.74) is 2.11. The standard InChI is InChI=1S/C11H14O2S/c1-3-9-6-8(7-11(12)13)4-5-10(9)14-2/h4-6H,3,7H2,1-2H3,(H,12,13). The van der Waals surface area contributed by atoms with Gasteiger partial charge < -0.3 is 5.11 Å². The van der Waals surface area contributed by atoms with Gasteiger partial charge in [-0.1, -0.05) is 19.1 Å². The number of thioether (sulfide) groups is 1. The first-order valence-electron chi connectivity index (χ1n) is 4.55.